The third kappa shape index (κ3) is 1.79. The summed E-state index contributed by atoms with van der Waals surface area (Å²) in [7, 11) is 0. The Morgan fingerprint density at radius 1 is 1.27 bits per heavy atom. The molecule has 0 N–H and O–H groups in total. The molecule has 1 nitrogen and oxygen atoms in total. The van der Waals surface area contributed by atoms with Crippen molar-refractivity contribution in [2.45, 2.75) is 33.6 Å². The fourth-order valence-corrected chi connectivity index (χ4v) is 1.28. The molecule has 0 saturated heterocycles. The van der Waals surface area contributed by atoms with Crippen molar-refractivity contribution >= 4 is 0 Å². The second-order valence-electron chi connectivity index (χ2n) is 2.83. The van der Waals surface area contributed by atoms with Gasteiger partial charge in [-0.2, -0.15) is 0 Å². The van der Waals surface area contributed by atoms with E-state index in [0.29, 0.717) is 0 Å². The summed E-state index contributed by atoms with van der Waals surface area (Å²) in [5.74, 6) is 0. The Labute approximate surface area is 68.5 Å². The minimum absolute atomic E-state index is 1.05. The van der Waals surface area contributed by atoms with E-state index in [-0.39, 0.29) is 0 Å². The molecule has 0 radical (unpaired) electrons. The van der Waals surface area contributed by atoms with E-state index in [1.165, 1.54) is 16.8 Å². The van der Waals surface area contributed by atoms with Crippen LogP contribution in [0, 0.1) is 6.92 Å². The minimum atomic E-state index is 1.05. The standard InChI is InChI=1S/C10H15N/c1-4-9-6-8(3)7-11-10(9)5-2/h6-7H,4-5H2,1-3H3. The van der Waals surface area contributed by atoms with Crippen LogP contribution in [-0.2, 0) is 12.8 Å². The maximum Gasteiger partial charge on any atom is 0.0432 e. The lowest BCUT2D eigenvalue weighted by Crippen LogP contribution is -1.95. The zero-order chi connectivity index (χ0) is 8.27. The van der Waals surface area contributed by atoms with Crippen molar-refractivity contribution in [2.75, 3.05) is 0 Å². The number of nitrogens with zero attached hydrogens (tertiary/aromatic N) is 1. The van der Waals surface area contributed by atoms with Crippen LogP contribution < -0.4 is 0 Å². The van der Waals surface area contributed by atoms with Gasteiger partial charge in [-0.15, -0.1) is 0 Å². The third-order valence-corrected chi connectivity index (χ3v) is 1.91. The summed E-state index contributed by atoms with van der Waals surface area (Å²) in [5, 5.41) is 0. The lowest BCUT2D eigenvalue weighted by Gasteiger charge is -2.04. The van der Waals surface area contributed by atoms with Crippen molar-refractivity contribution in [3.63, 3.8) is 0 Å². The molecule has 0 aliphatic heterocycles. The molecule has 0 aliphatic rings. The van der Waals surface area contributed by atoms with Crippen LogP contribution in [0.25, 0.3) is 0 Å². The van der Waals surface area contributed by atoms with Gasteiger partial charge in [-0.25, -0.2) is 0 Å². The van der Waals surface area contributed by atoms with E-state index in [2.05, 4.69) is 31.8 Å². The van der Waals surface area contributed by atoms with E-state index in [1.807, 2.05) is 6.20 Å². The van der Waals surface area contributed by atoms with Crippen molar-refractivity contribution in [1.29, 1.82) is 0 Å². The summed E-state index contributed by atoms with van der Waals surface area (Å²) in [6.45, 7) is 6.41. The monoisotopic (exact) mass is 149 g/mol. The van der Waals surface area contributed by atoms with Crippen LogP contribution in [-0.4, -0.2) is 4.98 Å². The first-order chi connectivity index (χ1) is 5.27. The van der Waals surface area contributed by atoms with Gasteiger partial charge in [0, 0.05) is 11.9 Å². The lowest BCUT2D eigenvalue weighted by molar-refractivity contribution is 0.956. The first kappa shape index (κ1) is 8.25. The molecular weight excluding hydrogens is 134 g/mol. The normalized spacial score (nSPS) is 10.1. The molecule has 0 bridgehead atoms. The summed E-state index contributed by atoms with van der Waals surface area (Å²) < 4.78 is 0. The van der Waals surface area contributed by atoms with E-state index in [1.54, 1.807) is 0 Å². The molecule has 1 heteroatoms. The molecule has 0 unspecified atom stereocenters. The van der Waals surface area contributed by atoms with Gasteiger partial charge in [0.05, 0.1) is 0 Å². The summed E-state index contributed by atoms with van der Waals surface area (Å²) >= 11 is 0. The second-order valence-corrected chi connectivity index (χ2v) is 2.83. The SMILES string of the molecule is CCc1cc(C)cnc1CC. The quantitative estimate of drug-likeness (QED) is 0.629. The van der Waals surface area contributed by atoms with Gasteiger partial charge in [0.1, 0.15) is 0 Å². The predicted molar refractivity (Wildman–Crippen MR) is 47.7 cm³/mol. The Hall–Kier alpha value is -0.850. The molecule has 0 saturated carbocycles. The van der Waals surface area contributed by atoms with Gasteiger partial charge in [-0.05, 0) is 30.9 Å². The number of pyridine rings is 1. The third-order valence-electron chi connectivity index (χ3n) is 1.91. The molecule has 1 heterocycles. The van der Waals surface area contributed by atoms with E-state index < -0.39 is 0 Å². The van der Waals surface area contributed by atoms with Crippen LogP contribution >= 0.6 is 0 Å². The Kier molecular flexibility index (Phi) is 2.64. The summed E-state index contributed by atoms with van der Waals surface area (Å²) in [6.07, 6.45) is 4.08. The fourth-order valence-electron chi connectivity index (χ4n) is 1.28. The average Bonchev–Trinajstić information content (AvgIpc) is 2.04. The number of hydrogen-bond donors (Lipinski definition) is 0. The first-order valence-electron chi connectivity index (χ1n) is 4.22. The largest absolute Gasteiger partial charge is 0.261 e. The maximum absolute atomic E-state index is 4.37. The molecule has 1 aromatic heterocycles. The highest BCUT2D eigenvalue weighted by Crippen LogP contribution is 2.09. The van der Waals surface area contributed by atoms with E-state index in [4.69, 9.17) is 0 Å². The van der Waals surface area contributed by atoms with Crippen LogP contribution in [0.3, 0.4) is 0 Å². The Morgan fingerprint density at radius 2 is 2.00 bits per heavy atom. The van der Waals surface area contributed by atoms with Crippen molar-refractivity contribution in [1.82, 2.24) is 4.98 Å². The molecule has 60 valence electrons. The van der Waals surface area contributed by atoms with Crippen LogP contribution in [0.5, 0.6) is 0 Å². The molecule has 1 rings (SSSR count). The van der Waals surface area contributed by atoms with Crippen LogP contribution in [0.15, 0.2) is 12.3 Å². The van der Waals surface area contributed by atoms with Crippen molar-refractivity contribution in [2.24, 2.45) is 0 Å². The van der Waals surface area contributed by atoms with Crippen LogP contribution in [0.4, 0.5) is 0 Å². The predicted octanol–water partition coefficient (Wildman–Crippen LogP) is 2.51. The molecular formula is C10H15N. The van der Waals surface area contributed by atoms with Gasteiger partial charge >= 0.3 is 0 Å². The number of rotatable bonds is 2. The molecule has 1 aromatic rings. The van der Waals surface area contributed by atoms with Crippen molar-refractivity contribution in [3.8, 4) is 0 Å². The number of aryl methyl sites for hydroxylation is 3. The smallest absolute Gasteiger partial charge is 0.0432 e. The van der Waals surface area contributed by atoms with Crippen molar-refractivity contribution < 1.29 is 0 Å². The minimum Gasteiger partial charge on any atom is -0.261 e. The second kappa shape index (κ2) is 3.51. The fraction of sp³-hybridized carbons (Fsp3) is 0.500. The van der Waals surface area contributed by atoms with Gasteiger partial charge in [0.2, 0.25) is 0 Å². The molecule has 0 atom stereocenters. The van der Waals surface area contributed by atoms with Crippen LogP contribution in [0.2, 0.25) is 0 Å². The van der Waals surface area contributed by atoms with Crippen LogP contribution in [0.1, 0.15) is 30.7 Å². The first-order valence-corrected chi connectivity index (χ1v) is 4.22. The highest BCUT2D eigenvalue weighted by molar-refractivity contribution is 5.24. The molecule has 0 amide bonds. The molecule has 0 spiro atoms. The van der Waals surface area contributed by atoms with Gasteiger partial charge < -0.3 is 0 Å². The number of aromatic nitrogens is 1. The van der Waals surface area contributed by atoms with E-state index >= 15 is 0 Å². The summed E-state index contributed by atoms with van der Waals surface area (Å²) in [4.78, 5) is 4.37. The Bertz CT molecular complexity index is 241. The summed E-state index contributed by atoms with van der Waals surface area (Å²) in [6, 6.07) is 2.23. The molecule has 0 aliphatic carbocycles. The van der Waals surface area contributed by atoms with E-state index in [9.17, 15) is 0 Å². The molecule has 0 aromatic carbocycles. The topological polar surface area (TPSA) is 12.9 Å². The Morgan fingerprint density at radius 3 is 2.55 bits per heavy atom. The lowest BCUT2D eigenvalue weighted by atomic mass is 10.1. The average molecular weight is 149 g/mol. The number of hydrogen-bond acceptors (Lipinski definition) is 1. The van der Waals surface area contributed by atoms with E-state index in [0.717, 1.165) is 12.8 Å². The zero-order valence-corrected chi connectivity index (χ0v) is 7.52. The summed E-state index contributed by atoms with van der Waals surface area (Å²) in [5.41, 5.74) is 3.91. The Balaban J connectivity index is 3.06. The molecule has 11 heavy (non-hydrogen) atoms. The van der Waals surface area contributed by atoms with Crippen molar-refractivity contribution in [3.05, 3.63) is 29.1 Å². The maximum atomic E-state index is 4.37. The van der Waals surface area contributed by atoms with Gasteiger partial charge in [0.15, 0.2) is 0 Å². The van der Waals surface area contributed by atoms with Gasteiger partial charge in [-0.1, -0.05) is 19.9 Å². The highest BCUT2D eigenvalue weighted by Gasteiger charge is 1.98. The van der Waals surface area contributed by atoms with Gasteiger partial charge in [0.25, 0.3) is 0 Å². The van der Waals surface area contributed by atoms with Gasteiger partial charge in [-0.3, -0.25) is 4.98 Å². The highest BCUT2D eigenvalue weighted by atomic mass is 14.7. The molecule has 0 fully saturated rings. The zero-order valence-electron chi connectivity index (χ0n) is 7.52.